The lowest BCUT2D eigenvalue weighted by molar-refractivity contribution is -0.123. The highest BCUT2D eigenvalue weighted by molar-refractivity contribution is 7.14. The molecule has 1 aromatic carbocycles. The van der Waals surface area contributed by atoms with Crippen LogP contribution in [0.15, 0.2) is 40.3 Å². The van der Waals surface area contributed by atoms with Crippen LogP contribution in [0.1, 0.15) is 23.0 Å². The first-order valence-electron chi connectivity index (χ1n) is 7.82. The normalized spacial score (nSPS) is 11.9. The molecule has 0 aliphatic heterocycles. The lowest BCUT2D eigenvalue weighted by Gasteiger charge is -2.11. The van der Waals surface area contributed by atoms with Crippen LogP contribution < -0.4 is 5.32 Å². The first kappa shape index (κ1) is 18.7. The van der Waals surface area contributed by atoms with E-state index in [-0.39, 0.29) is 10.7 Å². The van der Waals surface area contributed by atoms with E-state index in [4.69, 9.17) is 9.15 Å². The zero-order chi connectivity index (χ0) is 19.6. The zero-order valence-electron chi connectivity index (χ0n) is 14.3. The molecule has 9 heteroatoms. The highest BCUT2D eigenvalue weighted by Crippen LogP contribution is 2.26. The molecule has 0 aliphatic carbocycles. The van der Waals surface area contributed by atoms with Gasteiger partial charge in [-0.15, -0.1) is 11.3 Å². The third kappa shape index (κ3) is 4.20. The van der Waals surface area contributed by atoms with Gasteiger partial charge >= 0.3 is 5.97 Å². The van der Waals surface area contributed by atoms with Gasteiger partial charge in [0, 0.05) is 10.9 Å². The Morgan fingerprint density at radius 3 is 2.70 bits per heavy atom. The van der Waals surface area contributed by atoms with Crippen LogP contribution in [0.3, 0.4) is 0 Å². The van der Waals surface area contributed by atoms with Crippen LogP contribution in [0.5, 0.6) is 0 Å². The fourth-order valence-corrected chi connectivity index (χ4v) is 2.92. The van der Waals surface area contributed by atoms with Gasteiger partial charge in [-0.25, -0.2) is 18.6 Å². The number of halogens is 2. The van der Waals surface area contributed by atoms with Gasteiger partial charge in [0.05, 0.1) is 12.0 Å². The van der Waals surface area contributed by atoms with Gasteiger partial charge in [0.25, 0.3) is 5.91 Å². The van der Waals surface area contributed by atoms with Crippen molar-refractivity contribution >= 4 is 28.3 Å². The molecule has 0 bridgehead atoms. The van der Waals surface area contributed by atoms with E-state index in [2.05, 4.69) is 10.3 Å². The number of carbonyl (C=O) groups is 2. The molecule has 0 fully saturated rings. The van der Waals surface area contributed by atoms with Crippen LogP contribution in [0.4, 0.5) is 13.9 Å². The molecule has 0 unspecified atom stereocenters. The molecule has 1 atom stereocenters. The molecule has 3 rings (SSSR count). The summed E-state index contributed by atoms with van der Waals surface area (Å²) in [4.78, 5) is 28.4. The molecular formula is C18H14F2N2O4S. The summed E-state index contributed by atoms with van der Waals surface area (Å²) >= 11 is 1.10. The van der Waals surface area contributed by atoms with Gasteiger partial charge in [0.2, 0.25) is 0 Å². The van der Waals surface area contributed by atoms with Gasteiger partial charge in [0.15, 0.2) is 22.9 Å². The van der Waals surface area contributed by atoms with Gasteiger partial charge in [-0.3, -0.25) is 10.1 Å². The third-order valence-corrected chi connectivity index (χ3v) is 4.44. The number of furan rings is 1. The van der Waals surface area contributed by atoms with Gasteiger partial charge in [-0.1, -0.05) is 0 Å². The highest BCUT2D eigenvalue weighted by Gasteiger charge is 2.22. The number of ether oxygens (including phenoxy) is 1. The van der Waals surface area contributed by atoms with Crippen molar-refractivity contribution < 1.29 is 27.5 Å². The molecule has 1 N–H and O–H groups in total. The van der Waals surface area contributed by atoms with E-state index in [9.17, 15) is 18.4 Å². The molecule has 6 nitrogen and oxygen atoms in total. The summed E-state index contributed by atoms with van der Waals surface area (Å²) in [5, 5.41) is 4.35. The van der Waals surface area contributed by atoms with Crippen molar-refractivity contribution in [2.45, 2.75) is 20.0 Å². The molecule has 1 amide bonds. The molecule has 27 heavy (non-hydrogen) atoms. The number of aryl methyl sites for hydroxylation is 1. The number of hydrogen-bond acceptors (Lipinski definition) is 6. The number of carbonyl (C=O) groups excluding carboxylic acids is 2. The van der Waals surface area contributed by atoms with Crippen molar-refractivity contribution in [3.8, 4) is 11.3 Å². The van der Waals surface area contributed by atoms with Crippen molar-refractivity contribution in [1.82, 2.24) is 4.98 Å². The number of nitrogens with zero attached hydrogens (tertiary/aromatic N) is 1. The molecule has 0 radical (unpaired) electrons. The molecule has 3 aromatic rings. The van der Waals surface area contributed by atoms with Crippen molar-refractivity contribution in [3.63, 3.8) is 0 Å². The summed E-state index contributed by atoms with van der Waals surface area (Å²) in [6.07, 6.45) is 0.286. The second-order valence-electron chi connectivity index (χ2n) is 5.59. The number of anilines is 1. The Balaban J connectivity index is 1.64. The standard InChI is InChI=1S/C18H14F2N2O4S/c1-9-12(5-6-25-9)17(24)26-10(2)16(23)22-18-21-15(8-27-18)11-3-4-13(19)14(20)7-11/h3-8,10H,1-2H3,(H,21,22,23)/t10-/m0/s1. The van der Waals surface area contributed by atoms with Gasteiger partial charge in [0.1, 0.15) is 11.3 Å². The first-order valence-corrected chi connectivity index (χ1v) is 8.70. The molecule has 2 heterocycles. The summed E-state index contributed by atoms with van der Waals surface area (Å²) < 4.78 is 36.5. The molecule has 140 valence electrons. The zero-order valence-corrected chi connectivity index (χ0v) is 15.1. The lowest BCUT2D eigenvalue weighted by Crippen LogP contribution is -2.30. The van der Waals surface area contributed by atoms with Gasteiger partial charge in [-0.05, 0) is 38.1 Å². The number of aromatic nitrogens is 1. The second kappa shape index (κ2) is 7.67. The Kier molecular flexibility index (Phi) is 5.31. The Bertz CT molecular complexity index is 999. The van der Waals surface area contributed by atoms with Crippen molar-refractivity contribution in [1.29, 1.82) is 0 Å². The maximum absolute atomic E-state index is 13.3. The Labute approximate surface area is 156 Å². The van der Waals surface area contributed by atoms with E-state index in [0.29, 0.717) is 17.0 Å². The van der Waals surface area contributed by atoms with Crippen LogP contribution >= 0.6 is 11.3 Å². The molecule has 2 aromatic heterocycles. The minimum absolute atomic E-state index is 0.238. The summed E-state index contributed by atoms with van der Waals surface area (Å²) in [5.41, 5.74) is 0.998. The van der Waals surface area contributed by atoms with Gasteiger partial charge < -0.3 is 9.15 Å². The van der Waals surface area contributed by atoms with Crippen molar-refractivity contribution in [2.75, 3.05) is 5.32 Å². The first-order chi connectivity index (χ1) is 12.8. The molecule has 0 spiro atoms. The van der Waals surface area contributed by atoms with Crippen LogP contribution in [-0.2, 0) is 9.53 Å². The van der Waals surface area contributed by atoms with E-state index in [1.54, 1.807) is 12.3 Å². The number of hydrogen-bond donors (Lipinski definition) is 1. The molecule has 0 aliphatic rings. The smallest absolute Gasteiger partial charge is 0.342 e. The van der Waals surface area contributed by atoms with E-state index in [1.807, 2.05) is 0 Å². The number of rotatable bonds is 5. The predicted molar refractivity (Wildman–Crippen MR) is 94.4 cm³/mol. The minimum atomic E-state index is -1.07. The van der Waals surface area contributed by atoms with Crippen LogP contribution in [0, 0.1) is 18.6 Å². The average Bonchev–Trinajstić information content (AvgIpc) is 3.26. The number of benzene rings is 1. The van der Waals surface area contributed by atoms with E-state index < -0.39 is 29.6 Å². The fourth-order valence-electron chi connectivity index (χ4n) is 2.20. The second-order valence-corrected chi connectivity index (χ2v) is 6.45. The van der Waals surface area contributed by atoms with Gasteiger partial charge in [-0.2, -0.15) is 0 Å². The fraction of sp³-hybridized carbons (Fsp3) is 0.167. The van der Waals surface area contributed by atoms with Crippen LogP contribution in [0.2, 0.25) is 0 Å². The minimum Gasteiger partial charge on any atom is -0.469 e. The van der Waals surface area contributed by atoms with Crippen LogP contribution in [0.25, 0.3) is 11.3 Å². The third-order valence-electron chi connectivity index (χ3n) is 3.68. The van der Waals surface area contributed by atoms with Crippen molar-refractivity contribution in [2.24, 2.45) is 0 Å². The molecule has 0 saturated heterocycles. The molecular weight excluding hydrogens is 378 g/mol. The monoisotopic (exact) mass is 392 g/mol. The van der Waals surface area contributed by atoms with E-state index >= 15 is 0 Å². The number of thiazole rings is 1. The SMILES string of the molecule is Cc1occc1C(=O)O[C@@H](C)C(=O)Nc1nc(-c2ccc(F)c(F)c2)cs1. The maximum atomic E-state index is 13.3. The molecule has 0 saturated carbocycles. The Morgan fingerprint density at radius 1 is 1.26 bits per heavy atom. The Hall–Kier alpha value is -3.07. The summed E-state index contributed by atoms with van der Waals surface area (Å²) in [7, 11) is 0. The predicted octanol–water partition coefficient (Wildman–Crippen LogP) is 4.17. The number of amides is 1. The van der Waals surface area contributed by atoms with Crippen molar-refractivity contribution in [3.05, 3.63) is 58.9 Å². The quantitative estimate of drug-likeness (QED) is 0.659. The number of nitrogens with one attached hydrogen (secondary N) is 1. The largest absolute Gasteiger partial charge is 0.469 e. The summed E-state index contributed by atoms with van der Waals surface area (Å²) in [6.45, 7) is 3.03. The number of esters is 1. The lowest BCUT2D eigenvalue weighted by atomic mass is 10.2. The maximum Gasteiger partial charge on any atom is 0.342 e. The van der Waals surface area contributed by atoms with E-state index in [0.717, 1.165) is 23.5 Å². The van der Waals surface area contributed by atoms with Crippen LogP contribution in [-0.4, -0.2) is 23.0 Å². The summed E-state index contributed by atoms with van der Waals surface area (Å²) in [6, 6.07) is 4.86. The van der Waals surface area contributed by atoms with E-state index in [1.165, 1.54) is 25.3 Å². The topological polar surface area (TPSA) is 81.4 Å². The summed E-state index contributed by atoms with van der Waals surface area (Å²) in [5.74, 6) is -2.79. The Morgan fingerprint density at radius 2 is 2.04 bits per heavy atom. The highest BCUT2D eigenvalue weighted by atomic mass is 32.1. The average molecular weight is 392 g/mol.